The van der Waals surface area contributed by atoms with Crippen LogP contribution in [0.2, 0.25) is 0 Å². The lowest BCUT2D eigenvalue weighted by molar-refractivity contribution is 0.174. The van der Waals surface area contributed by atoms with Crippen LogP contribution in [0.25, 0.3) is 0 Å². The highest BCUT2D eigenvalue weighted by Gasteiger charge is 2.28. The summed E-state index contributed by atoms with van der Waals surface area (Å²) >= 11 is 6.93. The number of rotatable bonds is 2. The summed E-state index contributed by atoms with van der Waals surface area (Å²) < 4.78 is 14.0. The second kappa shape index (κ2) is 7.58. The maximum atomic E-state index is 13.1. The van der Waals surface area contributed by atoms with Gasteiger partial charge >= 0.3 is 0 Å². The van der Waals surface area contributed by atoms with E-state index in [0.29, 0.717) is 17.9 Å². The number of aliphatic imine (C=N–C) groups is 1. The van der Waals surface area contributed by atoms with E-state index in [1.807, 2.05) is 42.5 Å². The van der Waals surface area contributed by atoms with Gasteiger partial charge in [-0.3, -0.25) is 18.9 Å². The second-order valence-corrected chi connectivity index (χ2v) is 8.96. The van der Waals surface area contributed by atoms with Crippen molar-refractivity contribution in [1.29, 1.82) is 0 Å². The molecule has 0 saturated heterocycles. The summed E-state index contributed by atoms with van der Waals surface area (Å²) in [6, 6.07) is 13.7. The van der Waals surface area contributed by atoms with Crippen molar-refractivity contribution < 1.29 is 14.6 Å². The molecule has 2 aliphatic rings. The van der Waals surface area contributed by atoms with Gasteiger partial charge in [-0.2, -0.15) is 0 Å². The lowest BCUT2D eigenvalue weighted by Gasteiger charge is -2.18. The van der Waals surface area contributed by atoms with Gasteiger partial charge in [0.05, 0.1) is 11.4 Å². The van der Waals surface area contributed by atoms with Crippen LogP contribution in [0.1, 0.15) is 22.8 Å². The maximum Gasteiger partial charge on any atom is 0.267 e. The fraction of sp³-hybridized carbons (Fsp3) is 0.227. The van der Waals surface area contributed by atoms with E-state index in [1.165, 1.54) is 9.13 Å². The summed E-state index contributed by atoms with van der Waals surface area (Å²) in [6.45, 7) is 0.208. The number of aromatic nitrogens is 2. The van der Waals surface area contributed by atoms with Gasteiger partial charge in [-0.1, -0.05) is 18.2 Å². The quantitative estimate of drug-likeness (QED) is 0.585. The fourth-order valence-electron chi connectivity index (χ4n) is 3.75. The molecule has 1 atom stereocenters. The van der Waals surface area contributed by atoms with Crippen LogP contribution in [-0.2, 0) is 14.1 Å². The summed E-state index contributed by atoms with van der Waals surface area (Å²) in [5, 5.41) is 10.8. The molecule has 0 fully saturated rings. The van der Waals surface area contributed by atoms with Crippen molar-refractivity contribution in [1.82, 2.24) is 9.13 Å². The molecule has 0 aliphatic carbocycles. The van der Waals surface area contributed by atoms with Crippen molar-refractivity contribution >= 4 is 35.4 Å². The SMILES string of the molecule is Cn1c(O)c(C2=Nc3ccccc3SC(c3ccc4c(c3)OCO4)C2)c(=O)n(C)c1=S. The summed E-state index contributed by atoms with van der Waals surface area (Å²) in [6.07, 6.45) is 0.443. The molecule has 0 amide bonds. The number of hydrogen-bond acceptors (Lipinski definition) is 7. The minimum absolute atomic E-state index is 0.0468. The van der Waals surface area contributed by atoms with Crippen molar-refractivity contribution in [2.75, 3.05) is 6.79 Å². The Labute approximate surface area is 187 Å². The molecule has 2 aliphatic heterocycles. The van der Waals surface area contributed by atoms with E-state index in [0.717, 1.165) is 21.9 Å². The van der Waals surface area contributed by atoms with E-state index < -0.39 is 0 Å². The number of aromatic hydroxyl groups is 1. The highest BCUT2D eigenvalue weighted by atomic mass is 32.2. The van der Waals surface area contributed by atoms with Gasteiger partial charge in [0.1, 0.15) is 5.56 Å². The average Bonchev–Trinajstić information content (AvgIpc) is 3.16. The highest BCUT2D eigenvalue weighted by Crippen LogP contribution is 2.47. The molecule has 5 rings (SSSR count). The molecule has 1 N–H and O–H groups in total. The standard InChI is InChI=1S/C22H19N3O4S2/c1-24-20(26)19(21(27)25(2)22(24)30)14-10-18(31-17-6-4-3-5-13(17)23-14)12-7-8-15-16(9-12)29-11-28-15/h3-9,18,26H,10-11H2,1-2H3. The average molecular weight is 454 g/mol. The molecule has 3 heterocycles. The second-order valence-electron chi connectivity index (χ2n) is 7.35. The van der Waals surface area contributed by atoms with Crippen LogP contribution in [0.15, 0.2) is 57.1 Å². The number of fused-ring (bicyclic) bond motifs is 2. The molecule has 2 aromatic carbocycles. The predicted octanol–water partition coefficient (Wildman–Crippen LogP) is 4.25. The third kappa shape index (κ3) is 3.34. The first-order chi connectivity index (χ1) is 14.9. The Morgan fingerprint density at radius 2 is 1.90 bits per heavy atom. The summed E-state index contributed by atoms with van der Waals surface area (Å²) in [5.74, 6) is 1.24. The van der Waals surface area contributed by atoms with Gasteiger partial charge in [0.25, 0.3) is 5.56 Å². The van der Waals surface area contributed by atoms with Crippen molar-refractivity contribution in [2.45, 2.75) is 16.6 Å². The van der Waals surface area contributed by atoms with Crippen LogP contribution in [0.5, 0.6) is 17.4 Å². The van der Waals surface area contributed by atoms with E-state index in [4.69, 9.17) is 26.7 Å². The van der Waals surface area contributed by atoms with Crippen LogP contribution in [0.4, 0.5) is 5.69 Å². The Morgan fingerprint density at radius 1 is 1.13 bits per heavy atom. The molecule has 9 heteroatoms. The maximum absolute atomic E-state index is 13.1. The number of nitrogens with zero attached hydrogens (tertiary/aromatic N) is 3. The third-order valence-electron chi connectivity index (χ3n) is 5.46. The Bertz CT molecular complexity index is 1360. The van der Waals surface area contributed by atoms with Crippen molar-refractivity contribution in [3.05, 3.63) is 68.7 Å². The van der Waals surface area contributed by atoms with Crippen molar-refractivity contribution in [3.63, 3.8) is 0 Å². The molecule has 0 radical (unpaired) electrons. The molecule has 158 valence electrons. The molecule has 7 nitrogen and oxygen atoms in total. The van der Waals surface area contributed by atoms with Gasteiger partial charge in [0, 0.05) is 30.7 Å². The number of ether oxygens (including phenoxy) is 2. The van der Waals surface area contributed by atoms with Crippen LogP contribution in [0, 0.1) is 4.77 Å². The summed E-state index contributed by atoms with van der Waals surface area (Å²) in [7, 11) is 3.23. The summed E-state index contributed by atoms with van der Waals surface area (Å²) in [5.41, 5.74) is 2.11. The van der Waals surface area contributed by atoms with Crippen molar-refractivity contribution in [3.8, 4) is 17.4 Å². The number of thioether (sulfide) groups is 1. The molecule has 0 spiro atoms. The predicted molar refractivity (Wildman–Crippen MR) is 122 cm³/mol. The van der Waals surface area contributed by atoms with Gasteiger partial charge in [-0.05, 0) is 42.0 Å². The van der Waals surface area contributed by atoms with Crippen molar-refractivity contribution in [2.24, 2.45) is 19.1 Å². The Hall–Kier alpha value is -3.04. The molecular weight excluding hydrogens is 434 g/mol. The normalized spacial score (nSPS) is 17.1. The molecule has 31 heavy (non-hydrogen) atoms. The smallest absolute Gasteiger partial charge is 0.267 e. The van der Waals surface area contributed by atoms with Crippen LogP contribution < -0.4 is 15.0 Å². The fourth-order valence-corrected chi connectivity index (χ4v) is 5.15. The highest BCUT2D eigenvalue weighted by molar-refractivity contribution is 7.99. The first kappa shape index (κ1) is 19.9. The molecule has 1 unspecified atom stereocenters. The van der Waals surface area contributed by atoms with Crippen LogP contribution in [-0.4, -0.2) is 26.7 Å². The molecular formula is C22H19N3O4S2. The number of para-hydroxylation sites is 1. The van der Waals surface area contributed by atoms with E-state index in [1.54, 1.807) is 25.9 Å². The zero-order chi connectivity index (χ0) is 21.7. The number of benzene rings is 2. The lowest BCUT2D eigenvalue weighted by atomic mass is 10.0. The van der Waals surface area contributed by atoms with Crippen LogP contribution in [0.3, 0.4) is 0 Å². The van der Waals surface area contributed by atoms with E-state index >= 15 is 0 Å². The van der Waals surface area contributed by atoms with Gasteiger partial charge in [0.15, 0.2) is 16.3 Å². The Morgan fingerprint density at radius 3 is 2.74 bits per heavy atom. The minimum atomic E-state index is -0.367. The monoisotopic (exact) mass is 453 g/mol. The van der Waals surface area contributed by atoms with Gasteiger partial charge < -0.3 is 14.6 Å². The first-order valence-corrected chi connectivity index (χ1v) is 10.9. The largest absolute Gasteiger partial charge is 0.494 e. The molecule has 0 saturated carbocycles. The summed E-state index contributed by atoms with van der Waals surface area (Å²) in [4.78, 5) is 18.9. The zero-order valence-corrected chi connectivity index (χ0v) is 18.5. The van der Waals surface area contributed by atoms with E-state index in [2.05, 4.69) is 0 Å². The van der Waals surface area contributed by atoms with Gasteiger partial charge in [0.2, 0.25) is 12.7 Å². The van der Waals surface area contributed by atoms with E-state index in [-0.39, 0.29) is 33.8 Å². The van der Waals surface area contributed by atoms with Gasteiger partial charge in [-0.25, -0.2) is 0 Å². The van der Waals surface area contributed by atoms with Gasteiger partial charge in [-0.15, -0.1) is 11.8 Å². The lowest BCUT2D eigenvalue weighted by Crippen LogP contribution is -2.29. The zero-order valence-electron chi connectivity index (χ0n) is 16.9. The molecule has 3 aromatic rings. The first-order valence-electron chi connectivity index (χ1n) is 9.66. The molecule has 1 aromatic heterocycles. The van der Waals surface area contributed by atoms with E-state index in [9.17, 15) is 9.90 Å². The van der Waals surface area contributed by atoms with Crippen LogP contribution >= 0.6 is 24.0 Å². The number of hydrogen-bond donors (Lipinski definition) is 1. The minimum Gasteiger partial charge on any atom is -0.494 e. The topological polar surface area (TPSA) is 78.0 Å². The Kier molecular flexibility index (Phi) is 4.86. The molecule has 0 bridgehead atoms. The Balaban J connectivity index is 1.68. The third-order valence-corrected chi connectivity index (χ3v) is 7.33.